The van der Waals surface area contributed by atoms with E-state index in [1.807, 2.05) is 0 Å². The van der Waals surface area contributed by atoms with Crippen LogP contribution in [0.2, 0.25) is 5.02 Å². The van der Waals surface area contributed by atoms with Gasteiger partial charge in [-0.3, -0.25) is 4.79 Å². The Kier molecular flexibility index (Phi) is 4.44. The number of carboxylic acids is 1. The topological polar surface area (TPSA) is 78.4 Å². The van der Waals surface area contributed by atoms with Crippen LogP contribution in [-0.2, 0) is 4.79 Å². The Hall–Kier alpha value is -1.82. The number of amides is 2. The van der Waals surface area contributed by atoms with Crippen LogP contribution in [0.3, 0.4) is 0 Å². The Morgan fingerprint density at radius 1 is 1.35 bits per heavy atom. The first-order chi connectivity index (χ1) is 9.47. The van der Waals surface area contributed by atoms with Gasteiger partial charge in [0.15, 0.2) is 0 Å². The third-order valence-electron chi connectivity index (χ3n) is 3.33. The van der Waals surface area contributed by atoms with Crippen LogP contribution in [0.15, 0.2) is 18.2 Å². The minimum Gasteiger partial charge on any atom is -0.481 e. The number of nitrogens with one attached hydrogen (secondary N) is 2. The summed E-state index contributed by atoms with van der Waals surface area (Å²) in [4.78, 5) is 22.8. The molecule has 2 unspecified atom stereocenters. The molecule has 1 aromatic carbocycles. The molecule has 0 bridgehead atoms. The second-order valence-corrected chi connectivity index (χ2v) is 5.11. The van der Waals surface area contributed by atoms with Crippen LogP contribution in [0.5, 0.6) is 0 Å². The zero-order valence-corrected chi connectivity index (χ0v) is 11.3. The zero-order valence-electron chi connectivity index (χ0n) is 10.5. The molecule has 108 valence electrons. The second kappa shape index (κ2) is 6.09. The lowest BCUT2D eigenvalue weighted by atomic mass is 10.0. The fraction of sp³-hybridized carbons (Fsp3) is 0.385. The lowest BCUT2D eigenvalue weighted by molar-refractivity contribution is -0.142. The first kappa shape index (κ1) is 14.6. The largest absolute Gasteiger partial charge is 0.481 e. The molecule has 0 radical (unpaired) electrons. The molecule has 0 aromatic heterocycles. The Morgan fingerprint density at radius 3 is 2.80 bits per heavy atom. The summed E-state index contributed by atoms with van der Waals surface area (Å²) in [6.45, 7) is 0. The molecule has 0 spiro atoms. The zero-order chi connectivity index (χ0) is 14.7. The summed E-state index contributed by atoms with van der Waals surface area (Å²) in [6, 6.07) is 2.62. The van der Waals surface area contributed by atoms with Gasteiger partial charge in [-0.2, -0.15) is 0 Å². The van der Waals surface area contributed by atoms with Crippen LogP contribution in [0.1, 0.15) is 19.3 Å². The molecule has 1 aliphatic carbocycles. The predicted molar refractivity (Wildman–Crippen MR) is 72.3 cm³/mol. The third kappa shape index (κ3) is 3.39. The quantitative estimate of drug-likeness (QED) is 0.803. The molecular weight excluding hydrogens is 287 g/mol. The first-order valence-corrected chi connectivity index (χ1v) is 6.60. The van der Waals surface area contributed by atoms with Gasteiger partial charge in [-0.15, -0.1) is 0 Å². The minimum atomic E-state index is -0.920. The molecule has 0 aliphatic heterocycles. The number of hydrogen-bond donors (Lipinski definition) is 3. The molecule has 5 nitrogen and oxygen atoms in total. The van der Waals surface area contributed by atoms with E-state index in [0.29, 0.717) is 12.8 Å². The summed E-state index contributed by atoms with van der Waals surface area (Å²) in [6.07, 6.45) is 1.91. The van der Waals surface area contributed by atoms with Gasteiger partial charge in [-0.1, -0.05) is 18.0 Å². The standard InChI is InChI=1S/C13H14ClFN2O3/c14-9-5-4-7(15)6-11(9)17-13(20)16-10-3-1-2-8(10)12(18)19/h4-6,8,10H,1-3H2,(H,18,19)(H2,16,17,20). The molecule has 1 aromatic rings. The highest BCUT2D eigenvalue weighted by molar-refractivity contribution is 6.33. The molecule has 0 heterocycles. The lowest BCUT2D eigenvalue weighted by Gasteiger charge is -2.18. The summed E-state index contributed by atoms with van der Waals surface area (Å²) in [5.41, 5.74) is 0.147. The number of aliphatic carboxylic acids is 1. The van der Waals surface area contributed by atoms with Crippen LogP contribution >= 0.6 is 11.6 Å². The van der Waals surface area contributed by atoms with Gasteiger partial charge in [0.1, 0.15) is 5.82 Å². The van der Waals surface area contributed by atoms with Crippen molar-refractivity contribution in [3.05, 3.63) is 29.0 Å². The normalized spacial score (nSPS) is 21.5. The molecule has 3 N–H and O–H groups in total. The van der Waals surface area contributed by atoms with E-state index >= 15 is 0 Å². The lowest BCUT2D eigenvalue weighted by Crippen LogP contribution is -2.42. The van der Waals surface area contributed by atoms with Crippen molar-refractivity contribution in [2.75, 3.05) is 5.32 Å². The third-order valence-corrected chi connectivity index (χ3v) is 3.66. The molecule has 1 fully saturated rings. The molecule has 1 aliphatic rings. The summed E-state index contributed by atoms with van der Waals surface area (Å²) in [5.74, 6) is -2.02. The number of rotatable bonds is 3. The van der Waals surface area contributed by atoms with Gasteiger partial charge in [-0.25, -0.2) is 9.18 Å². The number of urea groups is 1. The highest BCUT2D eigenvalue weighted by atomic mass is 35.5. The van der Waals surface area contributed by atoms with Gasteiger partial charge in [-0.05, 0) is 31.0 Å². The van der Waals surface area contributed by atoms with E-state index in [1.54, 1.807) is 0 Å². The fourth-order valence-electron chi connectivity index (χ4n) is 2.35. The highest BCUT2D eigenvalue weighted by Crippen LogP contribution is 2.26. The molecule has 1 saturated carbocycles. The van der Waals surface area contributed by atoms with Crippen molar-refractivity contribution < 1.29 is 19.1 Å². The Labute approximate surface area is 120 Å². The molecule has 0 saturated heterocycles. The maximum absolute atomic E-state index is 13.1. The maximum atomic E-state index is 13.1. The van der Waals surface area contributed by atoms with Crippen molar-refractivity contribution in [3.8, 4) is 0 Å². The number of carbonyl (C=O) groups excluding carboxylic acids is 1. The minimum absolute atomic E-state index is 0.147. The summed E-state index contributed by atoms with van der Waals surface area (Å²) >= 11 is 5.83. The van der Waals surface area contributed by atoms with Gasteiger partial charge in [0.2, 0.25) is 0 Å². The van der Waals surface area contributed by atoms with Crippen LogP contribution in [0.25, 0.3) is 0 Å². The summed E-state index contributed by atoms with van der Waals surface area (Å²) in [7, 11) is 0. The SMILES string of the molecule is O=C(Nc1cc(F)ccc1Cl)NC1CCCC1C(=O)O. The average Bonchev–Trinajstić information content (AvgIpc) is 2.82. The van der Waals surface area contributed by atoms with Crippen molar-refractivity contribution >= 4 is 29.3 Å². The smallest absolute Gasteiger partial charge is 0.319 e. The molecule has 2 amide bonds. The molecular formula is C13H14ClFN2O3. The molecule has 2 atom stereocenters. The number of hydrogen-bond acceptors (Lipinski definition) is 2. The first-order valence-electron chi connectivity index (χ1n) is 6.23. The van der Waals surface area contributed by atoms with Crippen LogP contribution in [0.4, 0.5) is 14.9 Å². The molecule has 2 rings (SSSR count). The van der Waals surface area contributed by atoms with Crippen LogP contribution in [-0.4, -0.2) is 23.1 Å². The number of benzene rings is 1. The fourth-order valence-corrected chi connectivity index (χ4v) is 2.51. The van der Waals surface area contributed by atoms with E-state index in [9.17, 15) is 14.0 Å². The molecule has 7 heteroatoms. The number of carboxylic acid groups (broad SMARTS) is 1. The van der Waals surface area contributed by atoms with Crippen molar-refractivity contribution in [2.45, 2.75) is 25.3 Å². The Bertz CT molecular complexity index is 538. The van der Waals surface area contributed by atoms with Crippen LogP contribution in [0, 0.1) is 11.7 Å². The van der Waals surface area contributed by atoms with E-state index in [-0.39, 0.29) is 10.7 Å². The summed E-state index contributed by atoms with van der Waals surface area (Å²) < 4.78 is 13.1. The van der Waals surface area contributed by atoms with E-state index in [1.165, 1.54) is 12.1 Å². The van der Waals surface area contributed by atoms with Crippen molar-refractivity contribution in [1.29, 1.82) is 0 Å². The van der Waals surface area contributed by atoms with Gasteiger partial charge >= 0.3 is 12.0 Å². The highest BCUT2D eigenvalue weighted by Gasteiger charge is 2.33. The van der Waals surface area contributed by atoms with Crippen LogP contribution < -0.4 is 10.6 Å². The number of anilines is 1. The number of carbonyl (C=O) groups is 2. The van der Waals surface area contributed by atoms with Crippen molar-refractivity contribution in [1.82, 2.24) is 5.32 Å². The summed E-state index contributed by atoms with van der Waals surface area (Å²) in [5, 5.41) is 14.3. The van der Waals surface area contributed by atoms with Gasteiger partial charge in [0.25, 0.3) is 0 Å². The Morgan fingerprint density at radius 2 is 2.10 bits per heavy atom. The van der Waals surface area contributed by atoms with E-state index in [4.69, 9.17) is 16.7 Å². The Balaban J connectivity index is 1.99. The van der Waals surface area contributed by atoms with E-state index < -0.39 is 29.8 Å². The maximum Gasteiger partial charge on any atom is 0.319 e. The van der Waals surface area contributed by atoms with Crippen molar-refractivity contribution in [3.63, 3.8) is 0 Å². The average molecular weight is 301 g/mol. The van der Waals surface area contributed by atoms with Crippen molar-refractivity contribution in [2.24, 2.45) is 5.92 Å². The second-order valence-electron chi connectivity index (χ2n) is 4.70. The van der Waals surface area contributed by atoms with Gasteiger partial charge in [0, 0.05) is 6.04 Å². The van der Waals surface area contributed by atoms with Gasteiger partial charge < -0.3 is 15.7 Å². The number of halogens is 2. The predicted octanol–water partition coefficient (Wildman–Crippen LogP) is 2.85. The van der Waals surface area contributed by atoms with E-state index in [2.05, 4.69) is 10.6 Å². The van der Waals surface area contributed by atoms with E-state index in [0.717, 1.165) is 12.5 Å². The van der Waals surface area contributed by atoms with Gasteiger partial charge in [0.05, 0.1) is 16.6 Å². The molecule has 20 heavy (non-hydrogen) atoms. The monoisotopic (exact) mass is 300 g/mol.